The summed E-state index contributed by atoms with van der Waals surface area (Å²) in [7, 11) is 5.11. The maximum atomic E-state index is 11.8. The number of anilines is 2. The van der Waals surface area contributed by atoms with Crippen LogP contribution < -0.4 is 15.0 Å². The van der Waals surface area contributed by atoms with Crippen molar-refractivity contribution >= 4 is 17.3 Å². The molecule has 1 aliphatic carbocycles. The fraction of sp³-hybridized carbons (Fsp3) is 0.632. The molecule has 0 aromatic heterocycles. The standard InChI is InChI=1S/C19H28N2O3/c1-20-16-5-4-15(12-17(16)23-2)21-10-8-19(9-11-21)7-6-14(13-19)18(22)24-3/h4-5,12,14,20H,6-11,13H2,1-3H3. The molecule has 5 nitrogen and oxygen atoms in total. The molecule has 0 amide bonds. The first-order chi connectivity index (χ1) is 11.6. The van der Waals surface area contributed by atoms with E-state index < -0.39 is 0 Å². The number of nitrogens with zero attached hydrogens (tertiary/aromatic N) is 1. The summed E-state index contributed by atoms with van der Waals surface area (Å²) in [4.78, 5) is 14.2. The third kappa shape index (κ3) is 3.17. The molecule has 1 unspecified atom stereocenters. The van der Waals surface area contributed by atoms with Gasteiger partial charge in [-0.1, -0.05) is 0 Å². The molecule has 1 heterocycles. The van der Waals surface area contributed by atoms with E-state index in [0.717, 1.165) is 56.6 Å². The molecule has 24 heavy (non-hydrogen) atoms. The Bertz CT molecular complexity index is 594. The van der Waals surface area contributed by atoms with Crippen LogP contribution in [0.5, 0.6) is 5.75 Å². The molecule has 1 saturated carbocycles. The molecular formula is C19H28N2O3. The van der Waals surface area contributed by atoms with Gasteiger partial charge in [-0.25, -0.2) is 0 Å². The zero-order valence-corrected chi connectivity index (χ0v) is 14.9. The van der Waals surface area contributed by atoms with Crippen molar-refractivity contribution in [2.75, 3.05) is 44.6 Å². The average molecular weight is 332 g/mol. The van der Waals surface area contributed by atoms with Gasteiger partial charge >= 0.3 is 5.97 Å². The summed E-state index contributed by atoms with van der Waals surface area (Å²) in [6.45, 7) is 2.08. The minimum atomic E-state index is -0.0262. The number of carbonyl (C=O) groups excluding carboxylic acids is 1. The monoisotopic (exact) mass is 332 g/mol. The van der Waals surface area contributed by atoms with Gasteiger partial charge in [-0.2, -0.15) is 0 Å². The molecule has 1 spiro atoms. The Hall–Kier alpha value is -1.91. The van der Waals surface area contributed by atoms with Crippen LogP contribution in [-0.2, 0) is 9.53 Å². The highest BCUT2D eigenvalue weighted by molar-refractivity contribution is 5.72. The molecule has 1 N–H and O–H groups in total. The Labute approximate surface area is 144 Å². The van der Waals surface area contributed by atoms with Crippen molar-refractivity contribution in [3.63, 3.8) is 0 Å². The number of ether oxygens (including phenoxy) is 2. The number of benzene rings is 1. The number of nitrogens with one attached hydrogen (secondary N) is 1. The van der Waals surface area contributed by atoms with Gasteiger partial charge in [0.25, 0.3) is 0 Å². The molecular weight excluding hydrogens is 304 g/mol. The van der Waals surface area contributed by atoms with Crippen LogP contribution in [0.2, 0.25) is 0 Å². The quantitative estimate of drug-likeness (QED) is 0.858. The van der Waals surface area contributed by atoms with E-state index in [4.69, 9.17) is 9.47 Å². The summed E-state index contributed by atoms with van der Waals surface area (Å²) in [6.07, 6.45) is 5.43. The van der Waals surface area contributed by atoms with Crippen LogP contribution in [-0.4, -0.2) is 40.3 Å². The number of hydrogen-bond donors (Lipinski definition) is 1. The molecule has 2 fully saturated rings. The third-order valence-corrected chi connectivity index (χ3v) is 5.88. The largest absolute Gasteiger partial charge is 0.495 e. The van der Waals surface area contributed by atoms with Crippen molar-refractivity contribution in [1.29, 1.82) is 0 Å². The fourth-order valence-corrected chi connectivity index (χ4v) is 4.35. The van der Waals surface area contributed by atoms with Gasteiger partial charge in [-0.15, -0.1) is 0 Å². The number of carbonyl (C=O) groups is 1. The number of rotatable bonds is 4. The van der Waals surface area contributed by atoms with E-state index in [0.29, 0.717) is 5.41 Å². The maximum absolute atomic E-state index is 11.8. The summed E-state index contributed by atoms with van der Waals surface area (Å²) in [5, 5.41) is 3.15. The van der Waals surface area contributed by atoms with E-state index in [1.54, 1.807) is 7.11 Å². The van der Waals surface area contributed by atoms with Crippen molar-refractivity contribution in [1.82, 2.24) is 0 Å². The van der Waals surface area contributed by atoms with Crippen molar-refractivity contribution in [3.8, 4) is 5.75 Å². The molecule has 1 aliphatic heterocycles. The second-order valence-corrected chi connectivity index (χ2v) is 7.08. The van der Waals surface area contributed by atoms with Gasteiger partial charge in [0.1, 0.15) is 5.75 Å². The molecule has 2 aliphatic rings. The molecule has 1 aromatic rings. The Kier molecular flexibility index (Phi) is 4.88. The number of piperidine rings is 1. The lowest BCUT2D eigenvalue weighted by Gasteiger charge is -2.40. The molecule has 132 valence electrons. The van der Waals surface area contributed by atoms with E-state index in [2.05, 4.69) is 28.4 Å². The van der Waals surface area contributed by atoms with Crippen LogP contribution in [0.4, 0.5) is 11.4 Å². The van der Waals surface area contributed by atoms with Gasteiger partial charge in [0.15, 0.2) is 0 Å². The molecule has 0 bridgehead atoms. The van der Waals surface area contributed by atoms with Crippen LogP contribution in [0, 0.1) is 11.3 Å². The van der Waals surface area contributed by atoms with E-state index in [9.17, 15) is 4.79 Å². The Morgan fingerprint density at radius 1 is 1.25 bits per heavy atom. The zero-order valence-electron chi connectivity index (χ0n) is 14.9. The highest BCUT2D eigenvalue weighted by Crippen LogP contribution is 2.49. The Morgan fingerprint density at radius 2 is 2.00 bits per heavy atom. The highest BCUT2D eigenvalue weighted by Gasteiger charge is 2.44. The lowest BCUT2D eigenvalue weighted by Crippen LogP contribution is -2.39. The third-order valence-electron chi connectivity index (χ3n) is 5.88. The average Bonchev–Trinajstić information content (AvgIpc) is 3.04. The van der Waals surface area contributed by atoms with Crippen molar-refractivity contribution < 1.29 is 14.3 Å². The van der Waals surface area contributed by atoms with Gasteiger partial charge in [-0.05, 0) is 49.7 Å². The number of esters is 1. The molecule has 5 heteroatoms. The first kappa shape index (κ1) is 16.9. The lowest BCUT2D eigenvalue weighted by atomic mass is 9.76. The van der Waals surface area contributed by atoms with Crippen LogP contribution >= 0.6 is 0 Å². The number of hydrogen-bond acceptors (Lipinski definition) is 5. The molecule has 3 rings (SSSR count). The predicted molar refractivity (Wildman–Crippen MR) is 95.8 cm³/mol. The lowest BCUT2D eigenvalue weighted by molar-refractivity contribution is -0.145. The van der Waals surface area contributed by atoms with E-state index in [1.807, 2.05) is 7.05 Å². The normalized spacial score (nSPS) is 22.5. The molecule has 1 aromatic carbocycles. The minimum Gasteiger partial charge on any atom is -0.495 e. The van der Waals surface area contributed by atoms with Crippen molar-refractivity contribution in [2.45, 2.75) is 32.1 Å². The molecule has 0 radical (unpaired) electrons. The highest BCUT2D eigenvalue weighted by atomic mass is 16.5. The van der Waals surface area contributed by atoms with Gasteiger partial charge < -0.3 is 19.7 Å². The maximum Gasteiger partial charge on any atom is 0.308 e. The van der Waals surface area contributed by atoms with E-state index in [-0.39, 0.29) is 11.9 Å². The van der Waals surface area contributed by atoms with Crippen molar-refractivity contribution in [3.05, 3.63) is 18.2 Å². The van der Waals surface area contributed by atoms with E-state index >= 15 is 0 Å². The van der Waals surface area contributed by atoms with Crippen LogP contribution in [0.1, 0.15) is 32.1 Å². The summed E-state index contributed by atoms with van der Waals surface area (Å²) in [5.74, 6) is 0.958. The fourth-order valence-electron chi connectivity index (χ4n) is 4.35. The molecule has 1 atom stereocenters. The Morgan fingerprint density at radius 3 is 2.62 bits per heavy atom. The van der Waals surface area contributed by atoms with Gasteiger partial charge in [-0.3, -0.25) is 4.79 Å². The van der Waals surface area contributed by atoms with E-state index in [1.165, 1.54) is 12.8 Å². The second kappa shape index (κ2) is 6.91. The zero-order chi connectivity index (χ0) is 17.2. The topological polar surface area (TPSA) is 50.8 Å². The predicted octanol–water partition coefficient (Wildman–Crippen LogP) is 3.30. The van der Waals surface area contributed by atoms with Crippen LogP contribution in [0.15, 0.2) is 18.2 Å². The van der Waals surface area contributed by atoms with Gasteiger partial charge in [0.2, 0.25) is 0 Å². The summed E-state index contributed by atoms with van der Waals surface area (Å²) >= 11 is 0. The second-order valence-electron chi connectivity index (χ2n) is 7.08. The smallest absolute Gasteiger partial charge is 0.308 e. The SMILES string of the molecule is CNc1ccc(N2CCC3(CCC(C(=O)OC)C3)CC2)cc1OC. The van der Waals surface area contributed by atoms with Crippen LogP contribution in [0.25, 0.3) is 0 Å². The van der Waals surface area contributed by atoms with Gasteiger partial charge in [0, 0.05) is 31.9 Å². The first-order valence-corrected chi connectivity index (χ1v) is 8.79. The first-order valence-electron chi connectivity index (χ1n) is 8.79. The summed E-state index contributed by atoms with van der Waals surface area (Å²) < 4.78 is 10.4. The minimum absolute atomic E-state index is 0.0262. The number of methoxy groups -OCH3 is 2. The summed E-state index contributed by atoms with van der Waals surface area (Å²) in [5.41, 5.74) is 2.55. The summed E-state index contributed by atoms with van der Waals surface area (Å²) in [6, 6.07) is 6.33. The van der Waals surface area contributed by atoms with Crippen molar-refractivity contribution in [2.24, 2.45) is 11.3 Å². The molecule has 1 saturated heterocycles. The van der Waals surface area contributed by atoms with Crippen LogP contribution in [0.3, 0.4) is 0 Å². The Balaban J connectivity index is 1.64. The van der Waals surface area contributed by atoms with Gasteiger partial charge in [0.05, 0.1) is 25.8 Å².